The first-order chi connectivity index (χ1) is 8.69. The van der Waals surface area contributed by atoms with Crippen molar-refractivity contribution in [2.24, 2.45) is 5.73 Å². The van der Waals surface area contributed by atoms with E-state index in [2.05, 4.69) is 28.9 Å². The van der Waals surface area contributed by atoms with Crippen LogP contribution in [0.5, 0.6) is 0 Å². The van der Waals surface area contributed by atoms with Gasteiger partial charge < -0.3 is 10.6 Å². The SMILES string of the molecule is CCN(c1nnc(C)c(C)c1CN)C1CCCC1. The van der Waals surface area contributed by atoms with Gasteiger partial charge in [-0.3, -0.25) is 0 Å². The molecule has 0 aliphatic heterocycles. The minimum absolute atomic E-state index is 0.542. The summed E-state index contributed by atoms with van der Waals surface area (Å²) in [5, 5.41) is 8.70. The number of nitrogens with zero attached hydrogens (tertiary/aromatic N) is 3. The van der Waals surface area contributed by atoms with E-state index in [0.29, 0.717) is 12.6 Å². The average molecular weight is 248 g/mol. The molecule has 2 rings (SSSR count). The molecule has 1 aliphatic carbocycles. The molecule has 0 saturated heterocycles. The fraction of sp³-hybridized carbons (Fsp3) is 0.714. The standard InChI is InChI=1S/C14H24N4/c1-4-18(12-7-5-6-8-12)14-13(9-15)10(2)11(3)16-17-14/h12H,4-9,15H2,1-3H3. The van der Waals surface area contributed by atoms with Crippen LogP contribution in [0.4, 0.5) is 5.82 Å². The Morgan fingerprint density at radius 1 is 1.22 bits per heavy atom. The van der Waals surface area contributed by atoms with Crippen LogP contribution in [-0.2, 0) is 6.54 Å². The summed E-state index contributed by atoms with van der Waals surface area (Å²) >= 11 is 0. The van der Waals surface area contributed by atoms with Crippen LogP contribution < -0.4 is 10.6 Å². The van der Waals surface area contributed by atoms with E-state index < -0.39 is 0 Å². The first kappa shape index (κ1) is 13.3. The lowest BCUT2D eigenvalue weighted by Crippen LogP contribution is -2.35. The van der Waals surface area contributed by atoms with Crippen LogP contribution in [0.1, 0.15) is 49.4 Å². The normalized spacial score (nSPS) is 16.2. The summed E-state index contributed by atoms with van der Waals surface area (Å²) < 4.78 is 0. The largest absolute Gasteiger partial charge is 0.352 e. The number of hydrogen-bond acceptors (Lipinski definition) is 4. The number of nitrogens with two attached hydrogens (primary N) is 1. The van der Waals surface area contributed by atoms with Crippen molar-refractivity contribution in [2.75, 3.05) is 11.4 Å². The highest BCUT2D eigenvalue weighted by atomic mass is 15.3. The van der Waals surface area contributed by atoms with Crippen molar-refractivity contribution in [1.29, 1.82) is 0 Å². The molecule has 18 heavy (non-hydrogen) atoms. The number of aromatic nitrogens is 2. The maximum atomic E-state index is 5.92. The second-order valence-electron chi connectivity index (χ2n) is 5.14. The second-order valence-corrected chi connectivity index (χ2v) is 5.14. The van der Waals surface area contributed by atoms with Crippen molar-refractivity contribution >= 4 is 5.82 Å². The Labute approximate surface area is 110 Å². The number of aryl methyl sites for hydroxylation is 1. The highest BCUT2D eigenvalue weighted by Gasteiger charge is 2.25. The minimum atomic E-state index is 0.542. The summed E-state index contributed by atoms with van der Waals surface area (Å²) in [5.74, 6) is 1.01. The van der Waals surface area contributed by atoms with Crippen LogP contribution in [-0.4, -0.2) is 22.8 Å². The Balaban J connectivity index is 2.38. The zero-order valence-electron chi connectivity index (χ0n) is 11.7. The molecule has 0 atom stereocenters. The molecule has 100 valence electrons. The van der Waals surface area contributed by atoms with E-state index in [1.54, 1.807) is 0 Å². The first-order valence-corrected chi connectivity index (χ1v) is 6.98. The zero-order chi connectivity index (χ0) is 13.1. The first-order valence-electron chi connectivity index (χ1n) is 6.98. The van der Waals surface area contributed by atoms with Gasteiger partial charge in [0.05, 0.1) is 5.69 Å². The number of rotatable bonds is 4. The monoisotopic (exact) mass is 248 g/mol. The molecule has 1 saturated carbocycles. The van der Waals surface area contributed by atoms with Crippen molar-refractivity contribution in [3.05, 3.63) is 16.8 Å². The third-order valence-corrected chi connectivity index (χ3v) is 4.14. The predicted octanol–water partition coefficient (Wildman–Crippen LogP) is 2.32. The van der Waals surface area contributed by atoms with Gasteiger partial charge in [0.2, 0.25) is 0 Å². The molecule has 1 fully saturated rings. The molecule has 0 aromatic carbocycles. The summed E-state index contributed by atoms with van der Waals surface area (Å²) in [6.07, 6.45) is 5.20. The highest BCUT2D eigenvalue weighted by Crippen LogP contribution is 2.30. The molecule has 0 radical (unpaired) electrons. The number of anilines is 1. The molecule has 1 heterocycles. The Morgan fingerprint density at radius 3 is 2.44 bits per heavy atom. The van der Waals surface area contributed by atoms with Crippen LogP contribution in [0.25, 0.3) is 0 Å². The van der Waals surface area contributed by atoms with Gasteiger partial charge >= 0.3 is 0 Å². The maximum absolute atomic E-state index is 5.92. The maximum Gasteiger partial charge on any atom is 0.156 e. The van der Waals surface area contributed by atoms with Crippen molar-refractivity contribution in [3.63, 3.8) is 0 Å². The van der Waals surface area contributed by atoms with E-state index in [4.69, 9.17) is 5.73 Å². The predicted molar refractivity (Wildman–Crippen MR) is 74.7 cm³/mol. The van der Waals surface area contributed by atoms with Gasteiger partial charge in [-0.1, -0.05) is 12.8 Å². The van der Waals surface area contributed by atoms with Crippen LogP contribution in [0, 0.1) is 13.8 Å². The quantitative estimate of drug-likeness (QED) is 0.888. The third kappa shape index (κ3) is 2.34. The van der Waals surface area contributed by atoms with E-state index >= 15 is 0 Å². The Hall–Kier alpha value is -1.16. The van der Waals surface area contributed by atoms with E-state index in [1.165, 1.54) is 31.2 Å². The summed E-state index contributed by atoms with van der Waals surface area (Å²) in [6, 6.07) is 0.622. The molecule has 1 aliphatic rings. The van der Waals surface area contributed by atoms with Gasteiger partial charge in [-0.25, -0.2) is 0 Å². The van der Waals surface area contributed by atoms with Gasteiger partial charge in [0.1, 0.15) is 0 Å². The highest BCUT2D eigenvalue weighted by molar-refractivity contribution is 5.51. The van der Waals surface area contributed by atoms with Crippen LogP contribution >= 0.6 is 0 Å². The zero-order valence-corrected chi connectivity index (χ0v) is 11.7. The molecule has 1 aromatic heterocycles. The summed E-state index contributed by atoms with van der Waals surface area (Å²) in [5.41, 5.74) is 9.26. The molecular formula is C14H24N4. The second kappa shape index (κ2) is 5.65. The topological polar surface area (TPSA) is 55.0 Å². The fourth-order valence-electron chi connectivity index (χ4n) is 2.92. The van der Waals surface area contributed by atoms with Gasteiger partial charge in [0.15, 0.2) is 5.82 Å². The summed E-state index contributed by atoms with van der Waals surface area (Å²) in [7, 11) is 0. The smallest absolute Gasteiger partial charge is 0.156 e. The van der Waals surface area contributed by atoms with E-state index in [0.717, 1.165) is 23.6 Å². The average Bonchev–Trinajstić information content (AvgIpc) is 2.89. The lowest BCUT2D eigenvalue weighted by atomic mass is 10.1. The van der Waals surface area contributed by atoms with E-state index in [1.807, 2.05) is 6.92 Å². The number of hydrogen-bond donors (Lipinski definition) is 1. The van der Waals surface area contributed by atoms with Gasteiger partial charge in [0.25, 0.3) is 0 Å². The van der Waals surface area contributed by atoms with Crippen molar-refractivity contribution in [3.8, 4) is 0 Å². The van der Waals surface area contributed by atoms with Crippen LogP contribution in [0.3, 0.4) is 0 Å². The molecule has 4 heteroatoms. The molecule has 0 spiro atoms. The summed E-state index contributed by atoms with van der Waals surface area (Å²) in [6.45, 7) is 7.81. The molecule has 0 amide bonds. The molecule has 4 nitrogen and oxygen atoms in total. The van der Waals surface area contributed by atoms with Crippen molar-refractivity contribution in [1.82, 2.24) is 10.2 Å². The summed E-state index contributed by atoms with van der Waals surface area (Å²) in [4.78, 5) is 2.40. The molecular weight excluding hydrogens is 224 g/mol. The molecule has 0 unspecified atom stereocenters. The van der Waals surface area contributed by atoms with Crippen LogP contribution in [0.2, 0.25) is 0 Å². The Bertz CT molecular complexity index is 411. The molecule has 2 N–H and O–H groups in total. The van der Waals surface area contributed by atoms with Gasteiger partial charge in [-0.2, -0.15) is 5.10 Å². The van der Waals surface area contributed by atoms with Crippen molar-refractivity contribution in [2.45, 2.75) is 59.0 Å². The lowest BCUT2D eigenvalue weighted by molar-refractivity contribution is 0.604. The molecule has 0 bridgehead atoms. The third-order valence-electron chi connectivity index (χ3n) is 4.14. The Morgan fingerprint density at radius 2 is 1.89 bits per heavy atom. The lowest BCUT2D eigenvalue weighted by Gasteiger charge is -2.30. The van der Waals surface area contributed by atoms with E-state index in [-0.39, 0.29) is 0 Å². The van der Waals surface area contributed by atoms with E-state index in [9.17, 15) is 0 Å². The van der Waals surface area contributed by atoms with Crippen molar-refractivity contribution < 1.29 is 0 Å². The van der Waals surface area contributed by atoms with Gasteiger partial charge in [0, 0.05) is 24.7 Å². The van der Waals surface area contributed by atoms with Crippen LogP contribution in [0.15, 0.2) is 0 Å². The molecule has 1 aromatic rings. The minimum Gasteiger partial charge on any atom is -0.352 e. The fourth-order valence-corrected chi connectivity index (χ4v) is 2.92. The van der Waals surface area contributed by atoms with Gasteiger partial charge in [-0.05, 0) is 39.2 Å². The Kier molecular flexibility index (Phi) is 4.17. The van der Waals surface area contributed by atoms with Gasteiger partial charge in [-0.15, -0.1) is 5.10 Å².